The van der Waals surface area contributed by atoms with Gasteiger partial charge < -0.3 is 10.6 Å². The SMILES string of the molecule is COc1ccc([N+](=O)[O-])cc1C=NNc1nnc(C)n1N. The monoisotopic (exact) mass is 291 g/mol. The van der Waals surface area contributed by atoms with Crippen LogP contribution in [0.2, 0.25) is 0 Å². The van der Waals surface area contributed by atoms with E-state index in [1.807, 2.05) is 0 Å². The molecule has 2 rings (SSSR count). The number of aromatic nitrogens is 3. The zero-order valence-corrected chi connectivity index (χ0v) is 11.3. The molecule has 0 aliphatic carbocycles. The average molecular weight is 291 g/mol. The molecular formula is C11H13N7O3. The number of hydrazone groups is 1. The molecule has 0 aliphatic rings. The lowest BCUT2D eigenvalue weighted by atomic mass is 10.2. The van der Waals surface area contributed by atoms with Gasteiger partial charge in [-0.15, -0.1) is 10.2 Å². The van der Waals surface area contributed by atoms with Crippen LogP contribution in [0.25, 0.3) is 0 Å². The van der Waals surface area contributed by atoms with Crippen molar-refractivity contribution in [1.29, 1.82) is 0 Å². The van der Waals surface area contributed by atoms with Gasteiger partial charge in [0.1, 0.15) is 5.75 Å². The number of non-ortho nitro benzene ring substituents is 1. The van der Waals surface area contributed by atoms with Crippen LogP contribution in [-0.4, -0.2) is 33.1 Å². The summed E-state index contributed by atoms with van der Waals surface area (Å²) < 4.78 is 6.34. The lowest BCUT2D eigenvalue weighted by Gasteiger charge is -2.04. The molecule has 21 heavy (non-hydrogen) atoms. The Bertz CT molecular complexity index is 695. The molecule has 0 fully saturated rings. The Morgan fingerprint density at radius 1 is 1.52 bits per heavy atom. The summed E-state index contributed by atoms with van der Waals surface area (Å²) in [5.41, 5.74) is 2.97. The van der Waals surface area contributed by atoms with Crippen molar-refractivity contribution in [2.24, 2.45) is 5.10 Å². The topological polar surface area (TPSA) is 133 Å². The van der Waals surface area contributed by atoms with E-state index >= 15 is 0 Å². The van der Waals surface area contributed by atoms with Crippen molar-refractivity contribution in [3.8, 4) is 5.75 Å². The number of benzene rings is 1. The molecule has 3 N–H and O–H groups in total. The highest BCUT2D eigenvalue weighted by Crippen LogP contribution is 2.22. The number of nitrogens with one attached hydrogen (secondary N) is 1. The molecule has 0 atom stereocenters. The second-order valence-electron chi connectivity index (χ2n) is 3.99. The van der Waals surface area contributed by atoms with Crippen LogP contribution in [0, 0.1) is 17.0 Å². The van der Waals surface area contributed by atoms with Crippen molar-refractivity contribution >= 4 is 17.9 Å². The van der Waals surface area contributed by atoms with Gasteiger partial charge in [0.25, 0.3) is 11.6 Å². The first kappa shape index (κ1) is 14.2. The second kappa shape index (κ2) is 5.86. The molecule has 0 aliphatic heterocycles. The molecule has 0 saturated heterocycles. The second-order valence-corrected chi connectivity index (χ2v) is 3.99. The van der Waals surface area contributed by atoms with E-state index in [4.69, 9.17) is 10.6 Å². The van der Waals surface area contributed by atoms with Gasteiger partial charge >= 0.3 is 0 Å². The number of rotatable bonds is 5. The van der Waals surface area contributed by atoms with Crippen LogP contribution in [0.15, 0.2) is 23.3 Å². The van der Waals surface area contributed by atoms with Crippen LogP contribution in [0.3, 0.4) is 0 Å². The third-order valence-electron chi connectivity index (χ3n) is 2.66. The molecular weight excluding hydrogens is 278 g/mol. The molecule has 10 heteroatoms. The summed E-state index contributed by atoms with van der Waals surface area (Å²) in [5, 5.41) is 22.2. The van der Waals surface area contributed by atoms with E-state index in [1.54, 1.807) is 6.92 Å². The van der Waals surface area contributed by atoms with Gasteiger partial charge in [0.15, 0.2) is 5.82 Å². The van der Waals surface area contributed by atoms with Crippen LogP contribution >= 0.6 is 0 Å². The fraction of sp³-hybridized carbons (Fsp3) is 0.182. The molecule has 0 radical (unpaired) electrons. The number of nitrogen functional groups attached to an aromatic ring is 1. The maximum absolute atomic E-state index is 10.8. The molecule has 0 saturated carbocycles. The van der Waals surface area contributed by atoms with E-state index in [1.165, 1.54) is 36.2 Å². The number of anilines is 1. The highest BCUT2D eigenvalue weighted by atomic mass is 16.6. The predicted molar refractivity (Wildman–Crippen MR) is 75.8 cm³/mol. The number of hydrogen-bond acceptors (Lipinski definition) is 8. The van der Waals surface area contributed by atoms with Gasteiger partial charge in [0, 0.05) is 17.7 Å². The van der Waals surface area contributed by atoms with Crippen molar-refractivity contribution in [3.05, 3.63) is 39.7 Å². The van der Waals surface area contributed by atoms with Gasteiger partial charge in [0.05, 0.1) is 18.2 Å². The van der Waals surface area contributed by atoms with Crippen molar-refractivity contribution in [3.63, 3.8) is 0 Å². The Balaban J connectivity index is 2.21. The Hall–Kier alpha value is -3.17. The first-order valence-corrected chi connectivity index (χ1v) is 5.81. The third kappa shape index (κ3) is 3.05. The summed E-state index contributed by atoms with van der Waals surface area (Å²) in [6.07, 6.45) is 1.37. The number of nitrogens with two attached hydrogens (primary N) is 1. The van der Waals surface area contributed by atoms with Gasteiger partial charge in [-0.2, -0.15) is 5.10 Å². The normalized spacial score (nSPS) is 10.8. The minimum atomic E-state index is -0.496. The van der Waals surface area contributed by atoms with E-state index in [0.29, 0.717) is 17.1 Å². The standard InChI is InChI=1S/C11H13N7O3/c1-7-14-16-11(17(7)12)15-13-6-8-5-9(18(19)20)3-4-10(8)21-2/h3-6H,12H2,1-2H3,(H,15,16). The number of aryl methyl sites for hydroxylation is 1. The highest BCUT2D eigenvalue weighted by Gasteiger charge is 2.10. The molecule has 1 aromatic carbocycles. The number of nitro benzene ring substituents is 1. The summed E-state index contributed by atoms with van der Waals surface area (Å²) in [6.45, 7) is 1.69. The first-order valence-electron chi connectivity index (χ1n) is 5.81. The third-order valence-corrected chi connectivity index (χ3v) is 2.66. The number of nitrogens with zero attached hydrogens (tertiary/aromatic N) is 5. The van der Waals surface area contributed by atoms with Gasteiger partial charge in [0.2, 0.25) is 0 Å². The van der Waals surface area contributed by atoms with Crippen molar-refractivity contribution in [1.82, 2.24) is 14.9 Å². The summed E-state index contributed by atoms with van der Waals surface area (Å²) >= 11 is 0. The maximum atomic E-state index is 10.8. The molecule has 0 amide bonds. The van der Waals surface area contributed by atoms with Crippen LogP contribution in [0.4, 0.5) is 11.6 Å². The van der Waals surface area contributed by atoms with Gasteiger partial charge in [-0.05, 0) is 13.0 Å². The van der Waals surface area contributed by atoms with Crippen LogP contribution in [0.1, 0.15) is 11.4 Å². The molecule has 0 bridgehead atoms. The molecule has 1 aromatic heterocycles. The minimum absolute atomic E-state index is 0.0601. The van der Waals surface area contributed by atoms with Crippen LogP contribution in [-0.2, 0) is 0 Å². The molecule has 110 valence electrons. The molecule has 2 aromatic rings. The van der Waals surface area contributed by atoms with Crippen LogP contribution in [0.5, 0.6) is 5.75 Å². The fourth-order valence-electron chi connectivity index (χ4n) is 1.54. The minimum Gasteiger partial charge on any atom is -0.496 e. The largest absolute Gasteiger partial charge is 0.496 e. The van der Waals surface area contributed by atoms with E-state index in [-0.39, 0.29) is 11.6 Å². The van der Waals surface area contributed by atoms with Gasteiger partial charge in [-0.25, -0.2) is 10.1 Å². The molecule has 1 heterocycles. The molecule has 10 nitrogen and oxygen atoms in total. The zero-order chi connectivity index (χ0) is 15.4. The quantitative estimate of drug-likeness (QED) is 0.357. The van der Waals surface area contributed by atoms with Crippen molar-refractivity contribution in [2.75, 3.05) is 18.4 Å². The maximum Gasteiger partial charge on any atom is 0.270 e. The number of hydrogen-bond donors (Lipinski definition) is 2. The van der Waals surface area contributed by atoms with E-state index in [9.17, 15) is 10.1 Å². The smallest absolute Gasteiger partial charge is 0.270 e. The van der Waals surface area contributed by atoms with Crippen molar-refractivity contribution < 1.29 is 9.66 Å². The summed E-state index contributed by atoms with van der Waals surface area (Å²) in [7, 11) is 1.46. The van der Waals surface area contributed by atoms with Crippen molar-refractivity contribution in [2.45, 2.75) is 6.92 Å². The fourth-order valence-corrected chi connectivity index (χ4v) is 1.54. The Morgan fingerprint density at radius 2 is 2.29 bits per heavy atom. The summed E-state index contributed by atoms with van der Waals surface area (Å²) in [5.74, 6) is 6.86. The lowest BCUT2D eigenvalue weighted by Crippen LogP contribution is -2.13. The zero-order valence-electron chi connectivity index (χ0n) is 11.3. The highest BCUT2D eigenvalue weighted by molar-refractivity contribution is 5.85. The van der Waals surface area contributed by atoms with Gasteiger partial charge in [-0.3, -0.25) is 10.1 Å². The van der Waals surface area contributed by atoms with E-state index < -0.39 is 4.92 Å². The van der Waals surface area contributed by atoms with E-state index in [0.717, 1.165) is 0 Å². The van der Waals surface area contributed by atoms with E-state index in [2.05, 4.69) is 20.7 Å². The molecule has 0 unspecified atom stereocenters. The summed E-state index contributed by atoms with van der Waals surface area (Å²) in [4.78, 5) is 10.3. The number of ether oxygens (including phenoxy) is 1. The first-order chi connectivity index (χ1) is 10.0. The van der Waals surface area contributed by atoms with Crippen LogP contribution < -0.4 is 16.0 Å². The Morgan fingerprint density at radius 3 is 2.86 bits per heavy atom. The molecule has 0 spiro atoms. The number of nitro groups is 1. The average Bonchev–Trinajstić information content (AvgIpc) is 2.79. The Kier molecular flexibility index (Phi) is 3.97. The Labute approximate surface area is 119 Å². The lowest BCUT2D eigenvalue weighted by molar-refractivity contribution is -0.384. The predicted octanol–water partition coefficient (Wildman–Crippen LogP) is 0.663. The number of methoxy groups -OCH3 is 1. The summed E-state index contributed by atoms with van der Waals surface area (Å²) in [6, 6.07) is 4.20. The van der Waals surface area contributed by atoms with Gasteiger partial charge in [-0.1, -0.05) is 0 Å².